The van der Waals surface area contributed by atoms with Crippen molar-refractivity contribution in [2.75, 3.05) is 5.73 Å². The van der Waals surface area contributed by atoms with Crippen molar-refractivity contribution in [1.82, 2.24) is 5.32 Å². The number of carbonyl (C=O) groups is 1. The fourth-order valence-corrected chi connectivity index (χ4v) is 3.43. The highest BCUT2D eigenvalue weighted by Gasteiger charge is 2.30. The summed E-state index contributed by atoms with van der Waals surface area (Å²) < 4.78 is 39.9. The molecule has 1 amide bonds. The lowest BCUT2D eigenvalue weighted by molar-refractivity contribution is -0.121. The number of nitrogens with one attached hydrogen (secondary N) is 1. The van der Waals surface area contributed by atoms with E-state index in [1.165, 1.54) is 30.3 Å². The number of hydrogen-bond acceptors (Lipinski definition) is 3. The van der Waals surface area contributed by atoms with Crippen molar-refractivity contribution in [3.63, 3.8) is 0 Å². The first kappa shape index (κ1) is 18.3. The molecule has 26 heavy (non-hydrogen) atoms. The third-order valence-corrected chi connectivity index (χ3v) is 4.83. The van der Waals surface area contributed by atoms with Crippen LogP contribution in [0.4, 0.5) is 18.9 Å². The largest absolute Gasteiger partial charge is 0.398 e. The highest BCUT2D eigenvalue weighted by molar-refractivity contribution is 5.77. The first-order chi connectivity index (χ1) is 12.3. The number of anilines is 1. The lowest BCUT2D eigenvalue weighted by Gasteiger charge is -2.20. The van der Waals surface area contributed by atoms with E-state index in [0.717, 1.165) is 5.56 Å². The molecule has 0 bridgehead atoms. The molecule has 0 aromatic heterocycles. The molecule has 0 spiro atoms. The Morgan fingerprint density at radius 3 is 2.65 bits per heavy atom. The Hall–Kier alpha value is -2.54. The second-order valence-electron chi connectivity index (χ2n) is 6.60. The maximum Gasteiger partial charge on any atom is 0.221 e. The van der Waals surface area contributed by atoms with Gasteiger partial charge >= 0.3 is 0 Å². The summed E-state index contributed by atoms with van der Waals surface area (Å²) in [5.74, 6) is -2.69. The van der Waals surface area contributed by atoms with Gasteiger partial charge in [-0.15, -0.1) is 0 Å². The smallest absolute Gasteiger partial charge is 0.221 e. The normalized spacial score (nSPS) is 17.0. The van der Waals surface area contributed by atoms with E-state index in [2.05, 4.69) is 5.32 Å². The van der Waals surface area contributed by atoms with Crippen LogP contribution >= 0.6 is 0 Å². The fraction of sp³-hybridized carbons (Fsp3) is 0.316. The predicted octanol–water partition coefficient (Wildman–Crippen LogP) is 2.75. The van der Waals surface area contributed by atoms with Crippen molar-refractivity contribution in [3.8, 4) is 0 Å². The monoisotopic (exact) mass is 363 g/mol. The molecule has 2 aromatic carbocycles. The first-order valence-corrected chi connectivity index (χ1v) is 8.39. The van der Waals surface area contributed by atoms with Crippen LogP contribution in [0, 0.1) is 17.5 Å². The Balaban J connectivity index is 1.60. The topological polar surface area (TPSA) is 81.1 Å². The molecule has 1 aliphatic carbocycles. The van der Waals surface area contributed by atoms with Gasteiger partial charge in [0.05, 0.1) is 0 Å². The zero-order valence-electron chi connectivity index (χ0n) is 14.1. The third kappa shape index (κ3) is 3.83. The number of nitrogens with two attached hydrogens (primary N) is 2. The molecule has 3 rings (SSSR count). The summed E-state index contributed by atoms with van der Waals surface area (Å²) in [6.45, 7) is 0.165. The highest BCUT2D eigenvalue weighted by Crippen LogP contribution is 2.36. The average Bonchev–Trinajstić information content (AvgIpc) is 2.97. The third-order valence-electron chi connectivity index (χ3n) is 4.83. The van der Waals surface area contributed by atoms with Crippen LogP contribution in [-0.4, -0.2) is 11.9 Å². The van der Waals surface area contributed by atoms with Crippen molar-refractivity contribution in [1.29, 1.82) is 0 Å². The standard InChI is InChI=1S/C19H20F3N3O/c20-12-3-1-11(17(23)6-12)9-25-19(26)8-18(24)13-4-2-10-5-15(21)16(22)7-14(10)13/h1,3,5-7,13,18H,2,4,8-9,23-24H2,(H,25,26). The van der Waals surface area contributed by atoms with Gasteiger partial charge in [0.25, 0.3) is 0 Å². The van der Waals surface area contributed by atoms with Gasteiger partial charge in [-0.3, -0.25) is 4.79 Å². The number of nitrogen functional groups attached to an aromatic ring is 1. The van der Waals surface area contributed by atoms with Crippen LogP contribution in [0.2, 0.25) is 0 Å². The van der Waals surface area contributed by atoms with Crippen LogP contribution < -0.4 is 16.8 Å². The minimum Gasteiger partial charge on any atom is -0.398 e. The molecule has 4 nitrogen and oxygen atoms in total. The SMILES string of the molecule is Nc1cc(F)ccc1CNC(=O)CC(N)C1CCc2cc(F)c(F)cc21. The van der Waals surface area contributed by atoms with Crippen LogP contribution in [0.15, 0.2) is 30.3 Å². The number of halogens is 3. The molecule has 7 heteroatoms. The maximum absolute atomic E-state index is 13.5. The van der Waals surface area contributed by atoms with Crippen LogP contribution in [0.25, 0.3) is 0 Å². The average molecular weight is 363 g/mol. The van der Waals surface area contributed by atoms with Gasteiger partial charge in [-0.25, -0.2) is 13.2 Å². The zero-order valence-corrected chi connectivity index (χ0v) is 14.1. The molecule has 0 fully saturated rings. The van der Waals surface area contributed by atoms with E-state index in [0.29, 0.717) is 24.0 Å². The lowest BCUT2D eigenvalue weighted by atomic mass is 9.91. The zero-order chi connectivity index (χ0) is 18.8. The number of carbonyl (C=O) groups excluding carboxylic acids is 1. The molecule has 2 atom stereocenters. The number of fused-ring (bicyclic) bond motifs is 1. The fourth-order valence-electron chi connectivity index (χ4n) is 3.43. The van der Waals surface area contributed by atoms with E-state index in [1.807, 2.05) is 0 Å². The lowest BCUT2D eigenvalue weighted by Crippen LogP contribution is -2.35. The Bertz CT molecular complexity index is 841. The molecule has 5 N–H and O–H groups in total. The van der Waals surface area contributed by atoms with Crippen LogP contribution in [0.3, 0.4) is 0 Å². The van der Waals surface area contributed by atoms with Gasteiger partial charge in [-0.1, -0.05) is 6.07 Å². The van der Waals surface area contributed by atoms with E-state index in [-0.39, 0.29) is 30.5 Å². The molecule has 2 unspecified atom stereocenters. The maximum atomic E-state index is 13.5. The van der Waals surface area contributed by atoms with Crippen LogP contribution in [0.1, 0.15) is 35.4 Å². The van der Waals surface area contributed by atoms with E-state index < -0.39 is 23.5 Å². The summed E-state index contributed by atoms with van der Waals surface area (Å²) in [6.07, 6.45) is 1.31. The van der Waals surface area contributed by atoms with Gasteiger partial charge in [-0.2, -0.15) is 0 Å². The Morgan fingerprint density at radius 2 is 1.92 bits per heavy atom. The molecular formula is C19H20F3N3O. The summed E-state index contributed by atoms with van der Waals surface area (Å²) in [5.41, 5.74) is 14.1. The van der Waals surface area contributed by atoms with Crippen molar-refractivity contribution >= 4 is 11.6 Å². The molecule has 0 saturated carbocycles. The Labute approximate surface area is 149 Å². The minimum atomic E-state index is -0.904. The van der Waals surface area contributed by atoms with Crippen molar-refractivity contribution < 1.29 is 18.0 Å². The van der Waals surface area contributed by atoms with Gasteiger partial charge in [0, 0.05) is 30.6 Å². The molecule has 0 heterocycles. The summed E-state index contributed by atoms with van der Waals surface area (Å²) in [7, 11) is 0. The van der Waals surface area contributed by atoms with E-state index in [4.69, 9.17) is 11.5 Å². The van der Waals surface area contributed by atoms with Crippen LogP contribution in [0.5, 0.6) is 0 Å². The molecule has 1 aliphatic rings. The van der Waals surface area contributed by atoms with Crippen molar-refractivity contribution in [2.24, 2.45) is 5.73 Å². The van der Waals surface area contributed by atoms with Gasteiger partial charge in [0.15, 0.2) is 11.6 Å². The molecular weight excluding hydrogens is 343 g/mol. The predicted molar refractivity (Wildman–Crippen MR) is 92.7 cm³/mol. The summed E-state index contributed by atoms with van der Waals surface area (Å²) in [6, 6.07) is 5.85. The Kier molecular flexibility index (Phi) is 5.18. The van der Waals surface area contributed by atoms with E-state index in [9.17, 15) is 18.0 Å². The summed E-state index contributed by atoms with van der Waals surface area (Å²) in [5, 5.41) is 2.70. The summed E-state index contributed by atoms with van der Waals surface area (Å²) >= 11 is 0. The molecule has 0 aliphatic heterocycles. The van der Waals surface area contributed by atoms with Gasteiger partial charge < -0.3 is 16.8 Å². The highest BCUT2D eigenvalue weighted by atomic mass is 19.2. The second-order valence-corrected chi connectivity index (χ2v) is 6.60. The molecule has 0 saturated heterocycles. The van der Waals surface area contributed by atoms with Gasteiger partial charge in [0.1, 0.15) is 5.82 Å². The van der Waals surface area contributed by atoms with Crippen molar-refractivity contribution in [3.05, 3.63) is 64.5 Å². The molecule has 2 aromatic rings. The van der Waals surface area contributed by atoms with Gasteiger partial charge in [0.2, 0.25) is 5.91 Å². The second kappa shape index (κ2) is 7.37. The number of benzene rings is 2. The number of hydrogen-bond donors (Lipinski definition) is 3. The van der Waals surface area contributed by atoms with Crippen molar-refractivity contribution in [2.45, 2.75) is 37.8 Å². The van der Waals surface area contributed by atoms with E-state index >= 15 is 0 Å². The van der Waals surface area contributed by atoms with Crippen LogP contribution in [-0.2, 0) is 17.8 Å². The van der Waals surface area contributed by atoms with Gasteiger partial charge in [-0.05, 0) is 53.8 Å². The first-order valence-electron chi connectivity index (χ1n) is 8.39. The van der Waals surface area contributed by atoms with E-state index in [1.54, 1.807) is 0 Å². The Morgan fingerprint density at radius 1 is 1.19 bits per heavy atom. The number of amides is 1. The minimum absolute atomic E-state index is 0.0458. The quantitative estimate of drug-likeness (QED) is 0.715. The number of rotatable bonds is 5. The summed E-state index contributed by atoms with van der Waals surface area (Å²) in [4.78, 5) is 12.2. The molecule has 138 valence electrons. The molecule has 0 radical (unpaired) electrons. The number of aryl methyl sites for hydroxylation is 1.